The third-order valence-corrected chi connectivity index (χ3v) is 2.83. The largest absolute Gasteiger partial charge is 0.481 e. The molecule has 0 atom stereocenters. The number of rotatable bonds is 6. The highest BCUT2D eigenvalue weighted by Gasteiger charge is 2.08. The molecule has 0 aromatic carbocycles. The van der Waals surface area contributed by atoms with Gasteiger partial charge >= 0.3 is 5.97 Å². The van der Waals surface area contributed by atoms with Crippen molar-refractivity contribution in [3.05, 3.63) is 11.1 Å². The van der Waals surface area contributed by atoms with Crippen LogP contribution >= 0.6 is 11.3 Å². The molecule has 0 aliphatic heterocycles. The molecule has 88 valence electrons. The molecule has 0 saturated carbocycles. The average Bonchev–Trinajstić information content (AvgIpc) is 2.63. The molecule has 1 amide bonds. The first-order chi connectivity index (χ1) is 7.61. The van der Waals surface area contributed by atoms with Crippen molar-refractivity contribution in [2.75, 3.05) is 5.32 Å². The number of carbonyl (C=O) groups is 2. The second-order valence-corrected chi connectivity index (χ2v) is 4.44. The van der Waals surface area contributed by atoms with E-state index in [4.69, 9.17) is 5.11 Å². The van der Waals surface area contributed by atoms with Gasteiger partial charge in [0.2, 0.25) is 5.91 Å². The first-order valence-electron chi connectivity index (χ1n) is 5.08. The number of amides is 1. The number of carbonyl (C=O) groups excluding carboxylic acids is 1. The van der Waals surface area contributed by atoms with Crippen molar-refractivity contribution < 1.29 is 14.7 Å². The lowest BCUT2D eigenvalue weighted by molar-refractivity contribution is -0.138. The third kappa shape index (κ3) is 4.39. The van der Waals surface area contributed by atoms with Crippen LogP contribution in [0.3, 0.4) is 0 Å². The molecule has 16 heavy (non-hydrogen) atoms. The van der Waals surface area contributed by atoms with Crippen LogP contribution in [-0.4, -0.2) is 22.0 Å². The van der Waals surface area contributed by atoms with Gasteiger partial charge < -0.3 is 10.4 Å². The van der Waals surface area contributed by atoms with Crippen LogP contribution in [0.1, 0.15) is 31.1 Å². The summed E-state index contributed by atoms with van der Waals surface area (Å²) in [5.41, 5.74) is 0. The van der Waals surface area contributed by atoms with E-state index in [1.807, 2.05) is 0 Å². The Balaban J connectivity index is 2.40. The van der Waals surface area contributed by atoms with E-state index in [2.05, 4.69) is 17.2 Å². The SMILES string of the molecule is CCCc1cnc(NC(=O)CCC(=O)O)s1. The van der Waals surface area contributed by atoms with Gasteiger partial charge in [-0.3, -0.25) is 9.59 Å². The average molecular weight is 242 g/mol. The minimum Gasteiger partial charge on any atom is -0.481 e. The van der Waals surface area contributed by atoms with E-state index in [1.54, 1.807) is 6.20 Å². The second-order valence-electron chi connectivity index (χ2n) is 3.32. The molecule has 0 radical (unpaired) electrons. The molecule has 1 rings (SSSR count). The maximum atomic E-state index is 11.3. The van der Waals surface area contributed by atoms with Gasteiger partial charge in [-0.05, 0) is 6.42 Å². The van der Waals surface area contributed by atoms with Crippen LogP contribution in [0.4, 0.5) is 5.13 Å². The molecule has 1 heterocycles. The van der Waals surface area contributed by atoms with Gasteiger partial charge in [0.15, 0.2) is 5.13 Å². The highest BCUT2D eigenvalue weighted by Crippen LogP contribution is 2.19. The summed E-state index contributed by atoms with van der Waals surface area (Å²) in [6, 6.07) is 0. The number of carboxylic acids is 1. The molecule has 0 aliphatic rings. The Labute approximate surface area is 97.5 Å². The standard InChI is InChI=1S/C10H14N2O3S/c1-2-3-7-6-11-10(16-7)12-8(13)4-5-9(14)15/h6H,2-5H2,1H3,(H,14,15)(H,11,12,13). The predicted octanol–water partition coefficient (Wildman–Crippen LogP) is 1.90. The summed E-state index contributed by atoms with van der Waals surface area (Å²) in [4.78, 5) is 26.7. The molecular formula is C10H14N2O3S. The molecule has 1 aromatic rings. The maximum Gasteiger partial charge on any atom is 0.303 e. The van der Waals surface area contributed by atoms with Gasteiger partial charge in [0.25, 0.3) is 0 Å². The van der Waals surface area contributed by atoms with Crippen LogP contribution in [0.25, 0.3) is 0 Å². The lowest BCUT2D eigenvalue weighted by Gasteiger charge is -1.98. The van der Waals surface area contributed by atoms with Gasteiger partial charge in [-0.15, -0.1) is 11.3 Å². The van der Waals surface area contributed by atoms with Crippen LogP contribution in [0.15, 0.2) is 6.20 Å². The fourth-order valence-electron chi connectivity index (χ4n) is 1.13. The van der Waals surface area contributed by atoms with Gasteiger partial charge in [-0.1, -0.05) is 13.3 Å². The Morgan fingerprint density at radius 1 is 1.50 bits per heavy atom. The van der Waals surface area contributed by atoms with E-state index < -0.39 is 5.97 Å². The fraction of sp³-hybridized carbons (Fsp3) is 0.500. The quantitative estimate of drug-likeness (QED) is 0.798. The van der Waals surface area contributed by atoms with E-state index in [0.29, 0.717) is 5.13 Å². The van der Waals surface area contributed by atoms with Crippen molar-refractivity contribution in [3.63, 3.8) is 0 Å². The molecule has 0 fully saturated rings. The number of nitrogens with one attached hydrogen (secondary N) is 1. The van der Waals surface area contributed by atoms with Gasteiger partial charge in [-0.2, -0.15) is 0 Å². The topological polar surface area (TPSA) is 79.3 Å². The number of hydrogen-bond donors (Lipinski definition) is 2. The zero-order valence-electron chi connectivity index (χ0n) is 9.02. The molecule has 0 saturated heterocycles. The van der Waals surface area contributed by atoms with Crippen LogP contribution < -0.4 is 5.32 Å². The lowest BCUT2D eigenvalue weighted by Crippen LogP contribution is -2.12. The Bertz CT molecular complexity index is 376. The van der Waals surface area contributed by atoms with Crippen molar-refractivity contribution in [2.24, 2.45) is 0 Å². The summed E-state index contributed by atoms with van der Waals surface area (Å²) in [6.45, 7) is 2.07. The van der Waals surface area contributed by atoms with Crippen molar-refractivity contribution >= 4 is 28.3 Å². The monoisotopic (exact) mass is 242 g/mol. The van der Waals surface area contributed by atoms with Gasteiger partial charge in [0.1, 0.15) is 0 Å². The lowest BCUT2D eigenvalue weighted by atomic mass is 10.3. The molecule has 6 heteroatoms. The highest BCUT2D eigenvalue weighted by molar-refractivity contribution is 7.15. The van der Waals surface area contributed by atoms with E-state index in [9.17, 15) is 9.59 Å². The first-order valence-corrected chi connectivity index (χ1v) is 5.89. The van der Waals surface area contributed by atoms with Crippen LogP contribution in [0.5, 0.6) is 0 Å². The zero-order valence-corrected chi connectivity index (χ0v) is 9.84. The summed E-state index contributed by atoms with van der Waals surface area (Å²) in [6.07, 6.45) is 3.55. The van der Waals surface area contributed by atoms with E-state index >= 15 is 0 Å². The number of anilines is 1. The molecular weight excluding hydrogens is 228 g/mol. The van der Waals surface area contributed by atoms with Crippen molar-refractivity contribution in [2.45, 2.75) is 32.6 Å². The normalized spacial score (nSPS) is 10.1. The number of carboxylic acid groups (broad SMARTS) is 1. The van der Waals surface area contributed by atoms with Crippen molar-refractivity contribution in [1.29, 1.82) is 0 Å². The number of thiazole rings is 1. The molecule has 5 nitrogen and oxygen atoms in total. The summed E-state index contributed by atoms with van der Waals surface area (Å²) in [7, 11) is 0. The second kappa shape index (κ2) is 6.22. The summed E-state index contributed by atoms with van der Waals surface area (Å²) in [5, 5.41) is 11.5. The van der Waals surface area contributed by atoms with Gasteiger partial charge in [0, 0.05) is 17.5 Å². The van der Waals surface area contributed by atoms with Crippen molar-refractivity contribution in [3.8, 4) is 0 Å². The highest BCUT2D eigenvalue weighted by atomic mass is 32.1. The van der Waals surface area contributed by atoms with Crippen LogP contribution in [-0.2, 0) is 16.0 Å². The smallest absolute Gasteiger partial charge is 0.303 e. The summed E-state index contributed by atoms with van der Waals surface area (Å²) in [5.74, 6) is -1.28. The zero-order chi connectivity index (χ0) is 12.0. The van der Waals surface area contributed by atoms with E-state index in [0.717, 1.165) is 17.7 Å². The number of aromatic nitrogens is 1. The number of aliphatic carboxylic acids is 1. The number of nitrogens with zero attached hydrogens (tertiary/aromatic N) is 1. The Morgan fingerprint density at radius 2 is 2.25 bits per heavy atom. The van der Waals surface area contributed by atoms with E-state index in [-0.39, 0.29) is 18.7 Å². The first kappa shape index (κ1) is 12.6. The maximum absolute atomic E-state index is 11.3. The van der Waals surface area contributed by atoms with Crippen molar-refractivity contribution in [1.82, 2.24) is 4.98 Å². The summed E-state index contributed by atoms with van der Waals surface area (Å²) < 4.78 is 0. The van der Waals surface area contributed by atoms with E-state index in [1.165, 1.54) is 11.3 Å². The van der Waals surface area contributed by atoms with Gasteiger partial charge in [-0.25, -0.2) is 4.98 Å². The molecule has 0 aliphatic carbocycles. The van der Waals surface area contributed by atoms with Crippen LogP contribution in [0, 0.1) is 0 Å². The molecule has 2 N–H and O–H groups in total. The Morgan fingerprint density at radius 3 is 2.88 bits per heavy atom. The summed E-state index contributed by atoms with van der Waals surface area (Å²) >= 11 is 1.43. The fourth-order valence-corrected chi connectivity index (χ4v) is 2.06. The number of aryl methyl sites for hydroxylation is 1. The van der Waals surface area contributed by atoms with Crippen LogP contribution in [0.2, 0.25) is 0 Å². The minimum absolute atomic E-state index is 0.0158. The molecule has 1 aromatic heterocycles. The van der Waals surface area contributed by atoms with Gasteiger partial charge in [0.05, 0.1) is 6.42 Å². The number of hydrogen-bond acceptors (Lipinski definition) is 4. The molecule has 0 spiro atoms. The Hall–Kier alpha value is -1.43. The third-order valence-electron chi connectivity index (χ3n) is 1.86. The minimum atomic E-state index is -0.971. The molecule has 0 bridgehead atoms. The Kier molecular flexibility index (Phi) is 4.91. The molecule has 0 unspecified atom stereocenters. The predicted molar refractivity (Wildman–Crippen MR) is 61.6 cm³/mol.